The molecule has 1 saturated heterocycles. The minimum Gasteiger partial charge on any atom is -0.339 e. The SMILES string of the molecule is CCNCC(=O)Nc1cccc(C(=O)N2CCC(C)CC2)c1. The second-order valence-corrected chi connectivity index (χ2v) is 5.88. The highest BCUT2D eigenvalue weighted by atomic mass is 16.2. The van der Waals surface area contributed by atoms with E-state index in [1.807, 2.05) is 17.9 Å². The van der Waals surface area contributed by atoms with Gasteiger partial charge >= 0.3 is 0 Å². The first kappa shape index (κ1) is 16.5. The average molecular weight is 303 g/mol. The quantitative estimate of drug-likeness (QED) is 0.876. The molecule has 5 heteroatoms. The Hall–Kier alpha value is -1.88. The maximum absolute atomic E-state index is 12.5. The Morgan fingerprint density at radius 2 is 2.00 bits per heavy atom. The molecule has 0 unspecified atom stereocenters. The van der Waals surface area contributed by atoms with E-state index >= 15 is 0 Å². The third-order valence-electron chi connectivity index (χ3n) is 4.00. The number of nitrogens with one attached hydrogen (secondary N) is 2. The van der Waals surface area contributed by atoms with Gasteiger partial charge in [0.2, 0.25) is 5.91 Å². The zero-order valence-corrected chi connectivity index (χ0v) is 13.4. The highest BCUT2D eigenvalue weighted by molar-refractivity contribution is 5.97. The van der Waals surface area contributed by atoms with Gasteiger partial charge in [0.05, 0.1) is 6.54 Å². The lowest BCUT2D eigenvalue weighted by Gasteiger charge is -2.30. The minimum absolute atomic E-state index is 0.0506. The molecule has 1 aromatic carbocycles. The number of nitrogens with zero attached hydrogens (tertiary/aromatic N) is 1. The van der Waals surface area contributed by atoms with Gasteiger partial charge in [-0.2, -0.15) is 0 Å². The fourth-order valence-corrected chi connectivity index (χ4v) is 2.57. The average Bonchev–Trinajstić information content (AvgIpc) is 2.53. The van der Waals surface area contributed by atoms with Gasteiger partial charge in [0, 0.05) is 24.3 Å². The number of carbonyl (C=O) groups is 2. The molecule has 1 aliphatic rings. The van der Waals surface area contributed by atoms with Crippen LogP contribution in [0.3, 0.4) is 0 Å². The zero-order valence-electron chi connectivity index (χ0n) is 13.4. The highest BCUT2D eigenvalue weighted by Gasteiger charge is 2.21. The predicted octanol–water partition coefficient (Wildman–Crippen LogP) is 2.11. The largest absolute Gasteiger partial charge is 0.339 e. The van der Waals surface area contributed by atoms with Crippen LogP contribution >= 0.6 is 0 Å². The summed E-state index contributed by atoms with van der Waals surface area (Å²) in [5.41, 5.74) is 1.30. The van der Waals surface area contributed by atoms with Crippen LogP contribution in [-0.2, 0) is 4.79 Å². The van der Waals surface area contributed by atoms with Gasteiger partial charge < -0.3 is 15.5 Å². The van der Waals surface area contributed by atoms with E-state index < -0.39 is 0 Å². The van der Waals surface area contributed by atoms with Gasteiger partial charge in [-0.1, -0.05) is 19.9 Å². The number of amides is 2. The molecule has 120 valence electrons. The summed E-state index contributed by atoms with van der Waals surface area (Å²) in [6, 6.07) is 7.17. The maximum atomic E-state index is 12.5. The molecule has 22 heavy (non-hydrogen) atoms. The normalized spacial score (nSPS) is 15.6. The second-order valence-electron chi connectivity index (χ2n) is 5.88. The number of carbonyl (C=O) groups excluding carboxylic acids is 2. The molecule has 0 aliphatic carbocycles. The van der Waals surface area contributed by atoms with Crippen molar-refractivity contribution in [3.8, 4) is 0 Å². The van der Waals surface area contributed by atoms with Crippen molar-refractivity contribution in [2.24, 2.45) is 5.92 Å². The molecule has 0 spiro atoms. The van der Waals surface area contributed by atoms with Crippen LogP contribution in [0, 0.1) is 5.92 Å². The zero-order chi connectivity index (χ0) is 15.9. The number of rotatable bonds is 5. The summed E-state index contributed by atoms with van der Waals surface area (Å²) in [7, 11) is 0. The van der Waals surface area contributed by atoms with Crippen molar-refractivity contribution in [1.82, 2.24) is 10.2 Å². The van der Waals surface area contributed by atoms with Crippen LogP contribution < -0.4 is 10.6 Å². The number of hydrogen-bond acceptors (Lipinski definition) is 3. The van der Waals surface area contributed by atoms with E-state index in [0.29, 0.717) is 17.2 Å². The monoisotopic (exact) mass is 303 g/mol. The Morgan fingerprint density at radius 1 is 1.27 bits per heavy atom. The van der Waals surface area contributed by atoms with Crippen LogP contribution in [0.1, 0.15) is 37.0 Å². The van der Waals surface area contributed by atoms with Gasteiger partial charge in [-0.15, -0.1) is 0 Å². The number of benzene rings is 1. The van der Waals surface area contributed by atoms with E-state index in [4.69, 9.17) is 0 Å². The summed E-state index contributed by atoms with van der Waals surface area (Å²) in [5, 5.41) is 5.78. The first-order valence-corrected chi connectivity index (χ1v) is 8.00. The van der Waals surface area contributed by atoms with Crippen molar-refractivity contribution in [2.45, 2.75) is 26.7 Å². The fraction of sp³-hybridized carbons (Fsp3) is 0.529. The van der Waals surface area contributed by atoms with Crippen molar-refractivity contribution >= 4 is 17.5 Å². The van der Waals surface area contributed by atoms with Crippen LogP contribution in [0.15, 0.2) is 24.3 Å². The highest BCUT2D eigenvalue weighted by Crippen LogP contribution is 2.19. The van der Waals surface area contributed by atoms with Crippen molar-refractivity contribution in [3.63, 3.8) is 0 Å². The standard InChI is InChI=1S/C17H25N3O2/c1-3-18-12-16(21)19-15-6-4-5-14(11-15)17(22)20-9-7-13(2)8-10-20/h4-6,11,13,18H,3,7-10,12H2,1-2H3,(H,19,21). The number of anilines is 1. The Bertz CT molecular complexity index is 522. The first-order chi connectivity index (χ1) is 10.6. The van der Waals surface area contributed by atoms with Gasteiger partial charge in [-0.05, 0) is 43.5 Å². The summed E-state index contributed by atoms with van der Waals surface area (Å²) >= 11 is 0. The molecule has 0 radical (unpaired) electrons. The van der Waals surface area contributed by atoms with Crippen LogP contribution in [-0.4, -0.2) is 42.9 Å². The lowest BCUT2D eigenvalue weighted by Crippen LogP contribution is -2.37. The van der Waals surface area contributed by atoms with Gasteiger partial charge in [0.25, 0.3) is 5.91 Å². The lowest BCUT2D eigenvalue weighted by atomic mass is 9.98. The van der Waals surface area contributed by atoms with Crippen molar-refractivity contribution in [1.29, 1.82) is 0 Å². The molecule has 1 aromatic rings. The first-order valence-electron chi connectivity index (χ1n) is 8.00. The molecule has 0 bridgehead atoms. The maximum Gasteiger partial charge on any atom is 0.253 e. The van der Waals surface area contributed by atoms with E-state index in [1.165, 1.54) is 0 Å². The molecule has 2 rings (SSSR count). The summed E-state index contributed by atoms with van der Waals surface area (Å²) in [4.78, 5) is 26.1. The summed E-state index contributed by atoms with van der Waals surface area (Å²) in [6.07, 6.45) is 2.12. The Balaban J connectivity index is 1.98. The Kier molecular flexibility index (Phi) is 5.95. The number of likely N-dealkylation sites (tertiary alicyclic amines) is 1. The number of likely N-dealkylation sites (N-methyl/N-ethyl adjacent to an activating group) is 1. The molecule has 2 amide bonds. The van der Waals surface area contributed by atoms with E-state index in [2.05, 4.69) is 17.6 Å². The van der Waals surface area contributed by atoms with Crippen LogP contribution in [0.5, 0.6) is 0 Å². The predicted molar refractivity (Wildman–Crippen MR) is 87.9 cm³/mol. The summed E-state index contributed by atoms with van der Waals surface area (Å²) in [5.74, 6) is 0.647. The smallest absolute Gasteiger partial charge is 0.253 e. The van der Waals surface area contributed by atoms with Crippen molar-refractivity contribution in [2.75, 3.05) is 31.5 Å². The molecular weight excluding hydrogens is 278 g/mol. The van der Waals surface area contributed by atoms with Crippen LogP contribution in [0.25, 0.3) is 0 Å². The number of hydrogen-bond donors (Lipinski definition) is 2. The summed E-state index contributed by atoms with van der Waals surface area (Å²) < 4.78 is 0. The van der Waals surface area contributed by atoms with E-state index in [0.717, 1.165) is 32.5 Å². The molecule has 1 fully saturated rings. The fourth-order valence-electron chi connectivity index (χ4n) is 2.57. The Labute approximate surface area is 132 Å². The molecule has 2 N–H and O–H groups in total. The molecule has 0 atom stereocenters. The van der Waals surface area contributed by atoms with Gasteiger partial charge in [-0.25, -0.2) is 0 Å². The Morgan fingerprint density at radius 3 is 2.68 bits per heavy atom. The molecule has 1 heterocycles. The van der Waals surface area contributed by atoms with Gasteiger partial charge in [0.1, 0.15) is 0 Å². The lowest BCUT2D eigenvalue weighted by molar-refractivity contribution is -0.115. The summed E-state index contributed by atoms with van der Waals surface area (Å²) in [6.45, 7) is 6.83. The number of piperidine rings is 1. The van der Waals surface area contributed by atoms with Crippen molar-refractivity contribution < 1.29 is 9.59 Å². The molecule has 1 aliphatic heterocycles. The molecular formula is C17H25N3O2. The van der Waals surface area contributed by atoms with Crippen molar-refractivity contribution in [3.05, 3.63) is 29.8 Å². The topological polar surface area (TPSA) is 61.4 Å². The van der Waals surface area contributed by atoms with Gasteiger partial charge in [0.15, 0.2) is 0 Å². The van der Waals surface area contributed by atoms with Crippen LogP contribution in [0.2, 0.25) is 0 Å². The van der Waals surface area contributed by atoms with E-state index in [9.17, 15) is 9.59 Å². The van der Waals surface area contributed by atoms with E-state index in [-0.39, 0.29) is 18.4 Å². The third kappa shape index (κ3) is 4.56. The second kappa shape index (κ2) is 7.94. The van der Waals surface area contributed by atoms with Crippen LogP contribution in [0.4, 0.5) is 5.69 Å². The van der Waals surface area contributed by atoms with E-state index in [1.54, 1.807) is 18.2 Å². The molecule has 5 nitrogen and oxygen atoms in total. The van der Waals surface area contributed by atoms with Gasteiger partial charge in [-0.3, -0.25) is 9.59 Å². The molecule has 0 aromatic heterocycles. The minimum atomic E-state index is -0.0988. The molecule has 0 saturated carbocycles. The third-order valence-corrected chi connectivity index (χ3v) is 4.00.